The van der Waals surface area contributed by atoms with Gasteiger partial charge in [0.15, 0.2) is 5.16 Å². The molecule has 0 unspecified atom stereocenters. The van der Waals surface area contributed by atoms with Gasteiger partial charge in [0.1, 0.15) is 6.33 Å². The van der Waals surface area contributed by atoms with Gasteiger partial charge < -0.3 is 10.6 Å². The van der Waals surface area contributed by atoms with Gasteiger partial charge in [0.2, 0.25) is 11.8 Å². The molecule has 0 aliphatic carbocycles. The Bertz CT molecular complexity index is 795. The summed E-state index contributed by atoms with van der Waals surface area (Å²) in [5.74, 6) is -0.283. The van der Waals surface area contributed by atoms with Crippen LogP contribution in [0.1, 0.15) is 31.9 Å². The topological polar surface area (TPSA) is 88.9 Å². The van der Waals surface area contributed by atoms with Gasteiger partial charge in [0.25, 0.3) is 0 Å². The van der Waals surface area contributed by atoms with E-state index in [0.717, 1.165) is 5.69 Å². The first-order valence-electron chi connectivity index (χ1n) is 8.34. The molecule has 0 fully saturated rings. The third-order valence-electron chi connectivity index (χ3n) is 3.58. The molecule has 0 saturated carbocycles. The average Bonchev–Trinajstić information content (AvgIpc) is 3.00. The molecule has 7 nitrogen and oxygen atoms in total. The lowest BCUT2D eigenvalue weighted by Gasteiger charge is -2.20. The molecule has 2 amide bonds. The van der Waals surface area contributed by atoms with Gasteiger partial charge in [-0.3, -0.25) is 14.2 Å². The number of nitrogens with zero attached hydrogens (tertiary/aromatic N) is 3. The van der Waals surface area contributed by atoms with Crippen molar-refractivity contribution in [1.29, 1.82) is 0 Å². The van der Waals surface area contributed by atoms with Crippen LogP contribution >= 0.6 is 11.8 Å². The molecule has 0 radical (unpaired) electrons. The molecule has 0 aliphatic heterocycles. The Labute approximate surface area is 158 Å². The number of benzene rings is 1. The van der Waals surface area contributed by atoms with E-state index in [2.05, 4.69) is 33.8 Å². The largest absolute Gasteiger partial charge is 0.350 e. The molecule has 26 heavy (non-hydrogen) atoms. The van der Waals surface area contributed by atoms with Gasteiger partial charge in [-0.25, -0.2) is 0 Å². The fraction of sp³-hybridized carbons (Fsp3) is 0.444. The van der Waals surface area contributed by atoms with E-state index < -0.39 is 0 Å². The van der Waals surface area contributed by atoms with E-state index in [0.29, 0.717) is 5.16 Å². The summed E-state index contributed by atoms with van der Waals surface area (Å²) < 4.78 is 1.84. The molecule has 1 aromatic carbocycles. The van der Waals surface area contributed by atoms with Gasteiger partial charge in [0, 0.05) is 11.2 Å². The summed E-state index contributed by atoms with van der Waals surface area (Å²) in [6.07, 6.45) is 1.63. The predicted molar refractivity (Wildman–Crippen MR) is 102 cm³/mol. The average molecular weight is 375 g/mol. The maximum atomic E-state index is 12.0. The van der Waals surface area contributed by atoms with E-state index in [1.165, 1.54) is 22.9 Å². The summed E-state index contributed by atoms with van der Waals surface area (Å²) in [5.41, 5.74) is 3.02. The summed E-state index contributed by atoms with van der Waals surface area (Å²) in [5, 5.41) is 14.1. The van der Waals surface area contributed by atoms with Gasteiger partial charge in [-0.15, -0.1) is 10.2 Å². The van der Waals surface area contributed by atoms with Crippen molar-refractivity contribution in [2.24, 2.45) is 0 Å². The third kappa shape index (κ3) is 5.87. The standard InChI is InChI=1S/C18H25N5O2S/c1-12-6-7-14(8-13(12)2)23-11-20-22-17(23)26-10-16(25)19-9-15(24)21-18(3,4)5/h6-8,11H,9-10H2,1-5H3,(H,19,25)(H,21,24). The number of amides is 2. The van der Waals surface area contributed by atoms with E-state index >= 15 is 0 Å². The molecule has 140 valence electrons. The maximum absolute atomic E-state index is 12.0. The molecule has 0 bridgehead atoms. The number of rotatable bonds is 6. The zero-order valence-corrected chi connectivity index (χ0v) is 16.6. The number of carbonyl (C=O) groups excluding carboxylic acids is 2. The number of hydrogen-bond acceptors (Lipinski definition) is 5. The second-order valence-corrected chi connectivity index (χ2v) is 8.06. The smallest absolute Gasteiger partial charge is 0.239 e. The van der Waals surface area contributed by atoms with Crippen LogP contribution < -0.4 is 10.6 Å². The van der Waals surface area contributed by atoms with Crippen molar-refractivity contribution in [3.8, 4) is 5.69 Å². The summed E-state index contributed by atoms with van der Waals surface area (Å²) in [6, 6.07) is 6.09. The van der Waals surface area contributed by atoms with E-state index in [-0.39, 0.29) is 29.7 Å². The molecule has 0 saturated heterocycles. The van der Waals surface area contributed by atoms with Crippen molar-refractivity contribution >= 4 is 23.6 Å². The van der Waals surface area contributed by atoms with Crippen molar-refractivity contribution < 1.29 is 9.59 Å². The van der Waals surface area contributed by atoms with Gasteiger partial charge in [-0.1, -0.05) is 17.8 Å². The molecule has 1 heterocycles. The fourth-order valence-corrected chi connectivity index (χ4v) is 2.96. The Morgan fingerprint density at radius 2 is 1.88 bits per heavy atom. The lowest BCUT2D eigenvalue weighted by atomic mass is 10.1. The first kappa shape index (κ1) is 20.0. The molecule has 0 atom stereocenters. The molecule has 8 heteroatoms. The molecular weight excluding hydrogens is 350 g/mol. The van der Waals surface area contributed by atoms with Crippen molar-refractivity contribution in [3.05, 3.63) is 35.7 Å². The summed E-state index contributed by atoms with van der Waals surface area (Å²) in [4.78, 5) is 23.7. The minimum atomic E-state index is -0.320. The van der Waals surface area contributed by atoms with Crippen LogP contribution in [0.15, 0.2) is 29.7 Å². The summed E-state index contributed by atoms with van der Waals surface area (Å²) >= 11 is 1.28. The van der Waals surface area contributed by atoms with Crippen LogP contribution in [0.4, 0.5) is 0 Å². The SMILES string of the molecule is Cc1ccc(-n2cnnc2SCC(=O)NCC(=O)NC(C)(C)C)cc1C. The first-order valence-corrected chi connectivity index (χ1v) is 9.32. The van der Waals surface area contributed by atoms with E-state index in [1.807, 2.05) is 44.4 Å². The van der Waals surface area contributed by atoms with Crippen LogP contribution in [0, 0.1) is 13.8 Å². The van der Waals surface area contributed by atoms with Crippen LogP contribution in [0.2, 0.25) is 0 Å². The molecule has 2 aromatic rings. The van der Waals surface area contributed by atoms with Gasteiger partial charge in [-0.05, 0) is 57.9 Å². The number of carbonyl (C=O) groups is 2. The molecule has 2 rings (SSSR count). The third-order valence-corrected chi connectivity index (χ3v) is 4.52. The Kier molecular flexibility index (Phi) is 6.42. The Morgan fingerprint density at radius 3 is 2.54 bits per heavy atom. The van der Waals surface area contributed by atoms with Crippen molar-refractivity contribution in [2.75, 3.05) is 12.3 Å². The number of thioether (sulfide) groups is 1. The van der Waals surface area contributed by atoms with E-state index in [1.54, 1.807) is 6.33 Å². The molecule has 1 aromatic heterocycles. The highest BCUT2D eigenvalue weighted by atomic mass is 32.2. The predicted octanol–water partition coefficient (Wildman–Crippen LogP) is 2.01. The van der Waals surface area contributed by atoms with Gasteiger partial charge in [-0.2, -0.15) is 0 Å². The van der Waals surface area contributed by atoms with E-state index in [4.69, 9.17) is 0 Å². The summed E-state index contributed by atoms with van der Waals surface area (Å²) in [7, 11) is 0. The summed E-state index contributed by atoms with van der Waals surface area (Å²) in [6.45, 7) is 9.74. The van der Waals surface area contributed by atoms with Crippen LogP contribution in [-0.2, 0) is 9.59 Å². The number of hydrogen-bond donors (Lipinski definition) is 2. The Hall–Kier alpha value is -2.35. The first-order chi connectivity index (χ1) is 12.2. The zero-order chi connectivity index (χ0) is 19.3. The lowest BCUT2D eigenvalue weighted by Crippen LogP contribution is -2.46. The minimum Gasteiger partial charge on any atom is -0.350 e. The quantitative estimate of drug-likeness (QED) is 0.754. The van der Waals surface area contributed by atoms with Gasteiger partial charge in [0.05, 0.1) is 12.3 Å². The zero-order valence-electron chi connectivity index (χ0n) is 15.8. The number of aryl methyl sites for hydroxylation is 2. The second kappa shape index (κ2) is 8.35. The number of aromatic nitrogens is 3. The van der Waals surface area contributed by atoms with Crippen LogP contribution in [0.25, 0.3) is 5.69 Å². The number of nitrogens with one attached hydrogen (secondary N) is 2. The lowest BCUT2D eigenvalue weighted by molar-refractivity contribution is -0.125. The highest BCUT2D eigenvalue weighted by Gasteiger charge is 2.15. The van der Waals surface area contributed by atoms with Crippen molar-refractivity contribution in [2.45, 2.75) is 45.3 Å². The second-order valence-electron chi connectivity index (χ2n) is 7.12. The Morgan fingerprint density at radius 1 is 1.15 bits per heavy atom. The van der Waals surface area contributed by atoms with Crippen molar-refractivity contribution in [3.63, 3.8) is 0 Å². The molecule has 0 aliphatic rings. The van der Waals surface area contributed by atoms with E-state index in [9.17, 15) is 9.59 Å². The molecule has 2 N–H and O–H groups in total. The molecular formula is C18H25N5O2S. The fourth-order valence-electron chi connectivity index (χ4n) is 2.20. The van der Waals surface area contributed by atoms with Gasteiger partial charge >= 0.3 is 0 Å². The monoisotopic (exact) mass is 375 g/mol. The maximum Gasteiger partial charge on any atom is 0.239 e. The highest BCUT2D eigenvalue weighted by Crippen LogP contribution is 2.21. The van der Waals surface area contributed by atoms with Crippen LogP contribution in [0.5, 0.6) is 0 Å². The normalized spacial score (nSPS) is 11.3. The van der Waals surface area contributed by atoms with Crippen LogP contribution in [0.3, 0.4) is 0 Å². The highest BCUT2D eigenvalue weighted by molar-refractivity contribution is 7.99. The van der Waals surface area contributed by atoms with Crippen LogP contribution in [-0.4, -0.2) is 44.4 Å². The molecule has 0 spiro atoms. The minimum absolute atomic E-state index is 0.0412. The Balaban J connectivity index is 1.90. The van der Waals surface area contributed by atoms with Crippen molar-refractivity contribution in [1.82, 2.24) is 25.4 Å².